The van der Waals surface area contributed by atoms with Crippen LogP contribution in [0.15, 0.2) is 10.6 Å². The van der Waals surface area contributed by atoms with Crippen LogP contribution in [0.1, 0.15) is 33.0 Å². The van der Waals surface area contributed by atoms with Gasteiger partial charge in [0, 0.05) is 6.07 Å². The van der Waals surface area contributed by atoms with Crippen LogP contribution in [0.5, 0.6) is 0 Å². The summed E-state index contributed by atoms with van der Waals surface area (Å²) in [5.74, 6) is -0.193. The monoisotopic (exact) mass is 454 g/mol. The van der Waals surface area contributed by atoms with Gasteiger partial charge in [-0.15, -0.1) is 0 Å². The number of aryl methyl sites for hydroxylation is 1. The van der Waals surface area contributed by atoms with Crippen molar-refractivity contribution >= 4 is 41.5 Å². The summed E-state index contributed by atoms with van der Waals surface area (Å²) in [5, 5.41) is 11.2. The van der Waals surface area contributed by atoms with E-state index in [1.54, 1.807) is 26.2 Å². The molecule has 2 heterocycles. The predicted octanol–water partition coefficient (Wildman–Crippen LogP) is 0.699. The molecular formula is C20H30N4O6S. The van der Waals surface area contributed by atoms with E-state index in [-0.39, 0.29) is 18.2 Å². The zero-order valence-electron chi connectivity index (χ0n) is 18.4. The van der Waals surface area contributed by atoms with Crippen LogP contribution in [-0.2, 0) is 23.9 Å². The predicted molar refractivity (Wildman–Crippen MR) is 116 cm³/mol. The number of carbonyl (C=O) groups is 4. The third kappa shape index (κ3) is 7.06. The number of ether oxygens (including phenoxy) is 1. The van der Waals surface area contributed by atoms with Gasteiger partial charge in [0.1, 0.15) is 23.7 Å². The van der Waals surface area contributed by atoms with Crippen LogP contribution < -0.4 is 16.0 Å². The van der Waals surface area contributed by atoms with Crippen LogP contribution in [0, 0.1) is 12.8 Å². The highest BCUT2D eigenvalue weighted by atomic mass is 32.2. The standard InChI is InChI=1S/C20H30N4O6S/c1-11(2)6-13(18(27)20(4)10-29-20)22-16(26)8-21-19(28)17(14(9-25)31-5)23-15-7-12(3)30-24-15/h7,9,11,13-14,17H,6,8,10H2,1-5H3,(H,21,28)(H,22,26)(H,23,24)/t13-,14?,17-,20?/m0/s1. The fourth-order valence-corrected chi connectivity index (χ4v) is 3.58. The highest BCUT2D eigenvalue weighted by Gasteiger charge is 2.50. The van der Waals surface area contributed by atoms with Gasteiger partial charge in [-0.1, -0.05) is 19.0 Å². The first-order valence-electron chi connectivity index (χ1n) is 10.0. The van der Waals surface area contributed by atoms with E-state index in [0.29, 0.717) is 30.9 Å². The van der Waals surface area contributed by atoms with Crippen LogP contribution in [-0.4, -0.2) is 71.4 Å². The maximum Gasteiger partial charge on any atom is 0.244 e. The molecule has 3 N–H and O–H groups in total. The summed E-state index contributed by atoms with van der Waals surface area (Å²) in [6, 6.07) is -0.0628. The smallest absolute Gasteiger partial charge is 0.244 e. The maximum absolute atomic E-state index is 12.7. The second kappa shape index (κ2) is 10.8. The number of hydrogen-bond acceptors (Lipinski definition) is 9. The molecular weight excluding hydrogens is 424 g/mol. The molecule has 2 rings (SSSR count). The fraction of sp³-hybridized carbons (Fsp3) is 0.650. The summed E-state index contributed by atoms with van der Waals surface area (Å²) in [5.41, 5.74) is -0.851. The molecule has 172 valence electrons. The molecule has 1 fully saturated rings. The third-order valence-corrected chi connectivity index (χ3v) is 5.76. The number of aldehydes is 1. The van der Waals surface area contributed by atoms with Crippen molar-refractivity contribution in [3.63, 3.8) is 0 Å². The Balaban J connectivity index is 1.98. The van der Waals surface area contributed by atoms with Crippen LogP contribution in [0.25, 0.3) is 0 Å². The molecule has 0 radical (unpaired) electrons. The largest absolute Gasteiger partial charge is 0.361 e. The Bertz CT molecular complexity index is 807. The molecule has 1 aromatic heterocycles. The average Bonchev–Trinajstić information content (AvgIpc) is 3.34. The number of carbonyl (C=O) groups excluding carboxylic acids is 4. The number of thioether (sulfide) groups is 1. The Morgan fingerprint density at radius 2 is 2.03 bits per heavy atom. The zero-order chi connectivity index (χ0) is 23.2. The van der Waals surface area contributed by atoms with Gasteiger partial charge < -0.3 is 30.0 Å². The molecule has 2 amide bonds. The van der Waals surface area contributed by atoms with Crippen molar-refractivity contribution < 1.29 is 28.4 Å². The van der Waals surface area contributed by atoms with Crippen molar-refractivity contribution in [1.82, 2.24) is 15.8 Å². The fourth-order valence-electron chi connectivity index (χ4n) is 3.01. The van der Waals surface area contributed by atoms with Crippen molar-refractivity contribution in [3.8, 4) is 0 Å². The molecule has 11 heteroatoms. The number of Topliss-reactive ketones (excluding diaryl/α,β-unsaturated/α-hetero) is 1. The number of ketones is 1. The summed E-state index contributed by atoms with van der Waals surface area (Å²) >= 11 is 1.19. The Hall–Kier alpha value is -2.40. The molecule has 0 aromatic carbocycles. The Kier molecular flexibility index (Phi) is 8.63. The number of aromatic nitrogens is 1. The summed E-state index contributed by atoms with van der Waals surface area (Å²) in [6.07, 6.45) is 2.82. The zero-order valence-corrected chi connectivity index (χ0v) is 19.2. The van der Waals surface area contributed by atoms with Crippen LogP contribution in [0.3, 0.4) is 0 Å². The summed E-state index contributed by atoms with van der Waals surface area (Å²) in [7, 11) is 0. The molecule has 1 aliphatic heterocycles. The summed E-state index contributed by atoms with van der Waals surface area (Å²) < 4.78 is 10.2. The Morgan fingerprint density at radius 1 is 1.35 bits per heavy atom. The molecule has 1 aliphatic rings. The Morgan fingerprint density at radius 3 is 2.52 bits per heavy atom. The van der Waals surface area contributed by atoms with Gasteiger partial charge in [0.25, 0.3) is 0 Å². The van der Waals surface area contributed by atoms with Crippen molar-refractivity contribution in [3.05, 3.63) is 11.8 Å². The van der Waals surface area contributed by atoms with E-state index in [1.165, 1.54) is 11.8 Å². The highest BCUT2D eigenvalue weighted by Crippen LogP contribution is 2.29. The number of nitrogens with one attached hydrogen (secondary N) is 3. The minimum Gasteiger partial charge on any atom is -0.361 e. The molecule has 1 aromatic rings. The van der Waals surface area contributed by atoms with Crippen molar-refractivity contribution in [2.75, 3.05) is 24.7 Å². The molecule has 31 heavy (non-hydrogen) atoms. The van der Waals surface area contributed by atoms with Gasteiger partial charge in [-0.05, 0) is 32.4 Å². The lowest BCUT2D eigenvalue weighted by molar-refractivity contribution is -0.131. The number of epoxide rings is 1. The lowest BCUT2D eigenvalue weighted by Gasteiger charge is -2.23. The van der Waals surface area contributed by atoms with Gasteiger partial charge >= 0.3 is 0 Å². The first kappa shape index (κ1) is 24.9. The van der Waals surface area contributed by atoms with Crippen LogP contribution in [0.4, 0.5) is 5.82 Å². The van der Waals surface area contributed by atoms with E-state index >= 15 is 0 Å². The quantitative estimate of drug-likeness (QED) is 0.290. The van der Waals surface area contributed by atoms with E-state index in [9.17, 15) is 19.2 Å². The number of rotatable bonds is 13. The SMILES string of the molecule is CSC(C=O)[C@H](Nc1cc(C)on1)C(=O)NCC(=O)N[C@@H](CC(C)C)C(=O)C1(C)CO1. The first-order chi connectivity index (χ1) is 14.6. The number of nitrogens with zero attached hydrogens (tertiary/aromatic N) is 1. The number of amides is 2. The molecule has 0 spiro atoms. The topological polar surface area (TPSA) is 143 Å². The highest BCUT2D eigenvalue weighted by molar-refractivity contribution is 7.99. The van der Waals surface area contributed by atoms with Crippen LogP contribution in [0.2, 0.25) is 0 Å². The molecule has 2 unspecified atom stereocenters. The van der Waals surface area contributed by atoms with E-state index in [2.05, 4.69) is 21.1 Å². The molecule has 10 nitrogen and oxygen atoms in total. The van der Waals surface area contributed by atoms with Crippen molar-refractivity contribution in [1.29, 1.82) is 0 Å². The minimum absolute atomic E-state index is 0.176. The van der Waals surface area contributed by atoms with E-state index in [0.717, 1.165) is 0 Å². The average molecular weight is 455 g/mol. The minimum atomic E-state index is -0.961. The van der Waals surface area contributed by atoms with Crippen molar-refractivity contribution in [2.24, 2.45) is 5.92 Å². The third-order valence-electron chi connectivity index (χ3n) is 4.83. The van der Waals surface area contributed by atoms with Crippen molar-refractivity contribution in [2.45, 2.75) is 57.1 Å². The molecule has 4 atom stereocenters. The van der Waals surface area contributed by atoms with Gasteiger partial charge in [0.15, 0.2) is 11.6 Å². The lowest BCUT2D eigenvalue weighted by Crippen LogP contribution is -2.52. The van der Waals surface area contributed by atoms with E-state index in [1.807, 2.05) is 13.8 Å². The first-order valence-corrected chi connectivity index (χ1v) is 11.3. The number of hydrogen-bond donors (Lipinski definition) is 3. The van der Waals surface area contributed by atoms with Gasteiger partial charge in [-0.25, -0.2) is 0 Å². The Labute approximate surface area is 185 Å². The van der Waals surface area contributed by atoms with E-state index in [4.69, 9.17) is 9.26 Å². The second-order valence-electron chi connectivity index (χ2n) is 8.13. The van der Waals surface area contributed by atoms with Gasteiger partial charge in [0.05, 0.1) is 24.4 Å². The molecule has 0 bridgehead atoms. The van der Waals surface area contributed by atoms with Gasteiger partial charge in [-0.3, -0.25) is 14.4 Å². The second-order valence-corrected chi connectivity index (χ2v) is 9.15. The summed E-state index contributed by atoms with van der Waals surface area (Å²) in [6.45, 7) is 7.30. The molecule has 1 saturated heterocycles. The molecule has 0 aliphatic carbocycles. The van der Waals surface area contributed by atoms with Crippen LogP contribution >= 0.6 is 11.8 Å². The maximum atomic E-state index is 12.7. The summed E-state index contributed by atoms with van der Waals surface area (Å²) in [4.78, 5) is 49.2. The van der Waals surface area contributed by atoms with Gasteiger partial charge in [-0.2, -0.15) is 11.8 Å². The normalized spacial score (nSPS) is 20.5. The number of anilines is 1. The lowest BCUT2D eigenvalue weighted by atomic mass is 9.93. The van der Waals surface area contributed by atoms with Gasteiger partial charge in [0.2, 0.25) is 11.8 Å². The van der Waals surface area contributed by atoms with E-state index < -0.39 is 34.7 Å². The molecule has 0 saturated carbocycles.